The highest BCUT2D eigenvalue weighted by molar-refractivity contribution is 6.09. The van der Waals surface area contributed by atoms with E-state index < -0.39 is 0 Å². The van der Waals surface area contributed by atoms with Crippen LogP contribution in [0.1, 0.15) is 21.5 Å². The first kappa shape index (κ1) is 13.8. The van der Waals surface area contributed by atoms with E-state index in [2.05, 4.69) is 0 Å². The van der Waals surface area contributed by atoms with Gasteiger partial charge in [-0.2, -0.15) is 0 Å². The number of anilines is 2. The summed E-state index contributed by atoms with van der Waals surface area (Å²) in [6.07, 6.45) is 0.722. The normalized spacial score (nSPS) is 10.1. The van der Waals surface area contributed by atoms with Gasteiger partial charge in [0.2, 0.25) is 6.41 Å². The lowest BCUT2D eigenvalue weighted by Crippen LogP contribution is -2.13. The Morgan fingerprint density at radius 1 is 1.10 bits per heavy atom. The molecule has 4 nitrogen and oxygen atoms in total. The van der Waals surface area contributed by atoms with Crippen molar-refractivity contribution in [3.63, 3.8) is 0 Å². The molecule has 2 aromatic rings. The number of aryl methyl sites for hydroxylation is 1. The zero-order valence-corrected chi connectivity index (χ0v) is 11.5. The second-order valence-corrected chi connectivity index (χ2v) is 4.66. The van der Waals surface area contributed by atoms with Gasteiger partial charge >= 0.3 is 0 Å². The summed E-state index contributed by atoms with van der Waals surface area (Å²) in [4.78, 5) is 24.4. The van der Waals surface area contributed by atoms with Crippen molar-refractivity contribution in [3.8, 4) is 0 Å². The van der Waals surface area contributed by atoms with E-state index in [0.717, 1.165) is 17.7 Å². The van der Waals surface area contributed by atoms with Crippen LogP contribution in [0, 0.1) is 6.92 Å². The van der Waals surface area contributed by atoms with Crippen LogP contribution in [-0.2, 0) is 4.79 Å². The minimum Gasteiger partial charge on any atom is -0.399 e. The Morgan fingerprint density at radius 3 is 2.25 bits per heavy atom. The van der Waals surface area contributed by atoms with Crippen molar-refractivity contribution in [2.24, 2.45) is 0 Å². The van der Waals surface area contributed by atoms with E-state index in [-0.39, 0.29) is 5.78 Å². The monoisotopic (exact) mass is 268 g/mol. The molecule has 0 spiro atoms. The number of carbonyl (C=O) groups is 2. The number of carbonyl (C=O) groups excluding carboxylic acids is 2. The van der Waals surface area contributed by atoms with Gasteiger partial charge < -0.3 is 10.6 Å². The van der Waals surface area contributed by atoms with Gasteiger partial charge in [-0.1, -0.05) is 0 Å². The van der Waals surface area contributed by atoms with Gasteiger partial charge in [-0.3, -0.25) is 9.59 Å². The fraction of sp³-hybridized carbons (Fsp3) is 0.125. The molecule has 0 aromatic heterocycles. The first-order valence-corrected chi connectivity index (χ1v) is 6.22. The second kappa shape index (κ2) is 5.57. The third-order valence-corrected chi connectivity index (χ3v) is 3.23. The Hall–Kier alpha value is -2.62. The molecule has 0 aliphatic rings. The molecule has 0 aliphatic carbocycles. The molecule has 2 N–H and O–H groups in total. The minimum absolute atomic E-state index is 0.0617. The number of amides is 1. The first-order chi connectivity index (χ1) is 9.52. The Labute approximate surface area is 117 Å². The maximum atomic E-state index is 12.3. The quantitative estimate of drug-likeness (QED) is 0.526. The molecule has 102 valence electrons. The molecule has 0 fully saturated rings. The summed E-state index contributed by atoms with van der Waals surface area (Å²) < 4.78 is 0. The van der Waals surface area contributed by atoms with Crippen molar-refractivity contribution in [2.75, 3.05) is 17.7 Å². The average molecular weight is 268 g/mol. The molecule has 0 aliphatic heterocycles. The molecule has 4 heteroatoms. The lowest BCUT2D eigenvalue weighted by molar-refractivity contribution is -0.107. The molecule has 0 saturated heterocycles. The van der Waals surface area contributed by atoms with Crippen LogP contribution in [0.3, 0.4) is 0 Å². The lowest BCUT2D eigenvalue weighted by Gasteiger charge is -2.11. The molecule has 2 rings (SSSR count). The molecule has 0 saturated carbocycles. The van der Waals surface area contributed by atoms with Gasteiger partial charge in [0.25, 0.3) is 0 Å². The predicted octanol–water partition coefficient (Wildman–Crippen LogP) is 2.40. The Morgan fingerprint density at radius 2 is 1.70 bits per heavy atom. The number of nitrogen functional groups attached to an aromatic ring is 1. The SMILES string of the molecule is Cc1cc(C(=O)c2ccc(N(C)C=O)cc2)ccc1N. The van der Waals surface area contributed by atoms with Crippen LogP contribution >= 0.6 is 0 Å². The number of nitrogens with two attached hydrogens (primary N) is 1. The van der Waals surface area contributed by atoms with Gasteiger partial charge in [0.05, 0.1) is 0 Å². The fourth-order valence-electron chi connectivity index (χ4n) is 1.89. The van der Waals surface area contributed by atoms with Gasteiger partial charge in [-0.05, 0) is 55.0 Å². The van der Waals surface area contributed by atoms with Crippen LogP contribution in [0.15, 0.2) is 42.5 Å². The van der Waals surface area contributed by atoms with E-state index in [1.54, 1.807) is 49.5 Å². The van der Waals surface area contributed by atoms with E-state index in [4.69, 9.17) is 5.73 Å². The highest BCUT2D eigenvalue weighted by atomic mass is 16.1. The van der Waals surface area contributed by atoms with Crippen molar-refractivity contribution in [1.82, 2.24) is 0 Å². The number of benzene rings is 2. The molecule has 20 heavy (non-hydrogen) atoms. The molecule has 0 heterocycles. The second-order valence-electron chi connectivity index (χ2n) is 4.66. The maximum absolute atomic E-state index is 12.3. The third kappa shape index (κ3) is 2.69. The van der Waals surface area contributed by atoms with E-state index >= 15 is 0 Å². The third-order valence-electron chi connectivity index (χ3n) is 3.23. The number of nitrogens with zero attached hydrogens (tertiary/aromatic N) is 1. The summed E-state index contributed by atoms with van der Waals surface area (Å²) in [6, 6.07) is 12.1. The summed E-state index contributed by atoms with van der Waals surface area (Å²) >= 11 is 0. The molecule has 0 radical (unpaired) electrons. The number of rotatable bonds is 4. The number of hydrogen-bond acceptors (Lipinski definition) is 3. The summed E-state index contributed by atoms with van der Waals surface area (Å²) in [6.45, 7) is 1.87. The molecule has 1 amide bonds. The van der Waals surface area contributed by atoms with Crippen molar-refractivity contribution < 1.29 is 9.59 Å². The Balaban J connectivity index is 2.29. The molecule has 0 unspecified atom stereocenters. The summed E-state index contributed by atoms with van der Waals surface area (Å²) in [5.41, 5.74) is 9.23. The van der Waals surface area contributed by atoms with Crippen LogP contribution < -0.4 is 10.6 Å². The molecule has 0 bridgehead atoms. The number of ketones is 1. The van der Waals surface area contributed by atoms with E-state index in [9.17, 15) is 9.59 Å². The zero-order chi connectivity index (χ0) is 14.7. The predicted molar refractivity (Wildman–Crippen MR) is 79.9 cm³/mol. The number of hydrogen-bond donors (Lipinski definition) is 1. The van der Waals surface area contributed by atoms with Gasteiger partial charge in [-0.25, -0.2) is 0 Å². The molecular weight excluding hydrogens is 252 g/mol. The van der Waals surface area contributed by atoms with Gasteiger partial charge in [0.15, 0.2) is 5.78 Å². The highest BCUT2D eigenvalue weighted by Gasteiger charge is 2.10. The summed E-state index contributed by atoms with van der Waals surface area (Å²) in [7, 11) is 1.66. The first-order valence-electron chi connectivity index (χ1n) is 6.22. The fourth-order valence-corrected chi connectivity index (χ4v) is 1.89. The average Bonchev–Trinajstić information content (AvgIpc) is 2.48. The van der Waals surface area contributed by atoms with E-state index in [1.165, 1.54) is 4.90 Å². The standard InChI is InChI=1S/C16H16N2O2/c1-11-9-13(5-8-15(11)17)16(20)12-3-6-14(7-4-12)18(2)10-19/h3-10H,17H2,1-2H3. The molecule has 0 atom stereocenters. The minimum atomic E-state index is -0.0617. The van der Waals surface area contributed by atoms with E-state index in [1.807, 2.05) is 6.92 Å². The van der Waals surface area contributed by atoms with Crippen LogP contribution in [0.2, 0.25) is 0 Å². The van der Waals surface area contributed by atoms with Crippen LogP contribution in [0.4, 0.5) is 11.4 Å². The van der Waals surface area contributed by atoms with Gasteiger partial charge in [0.1, 0.15) is 0 Å². The van der Waals surface area contributed by atoms with Crippen LogP contribution in [-0.4, -0.2) is 19.2 Å². The smallest absolute Gasteiger partial charge is 0.213 e. The van der Waals surface area contributed by atoms with Crippen molar-refractivity contribution >= 4 is 23.6 Å². The molecule has 2 aromatic carbocycles. The Bertz CT molecular complexity index is 648. The summed E-state index contributed by atoms with van der Waals surface area (Å²) in [5, 5.41) is 0. The van der Waals surface area contributed by atoms with Gasteiger partial charge in [-0.15, -0.1) is 0 Å². The van der Waals surface area contributed by atoms with Crippen molar-refractivity contribution in [2.45, 2.75) is 6.92 Å². The molecular formula is C16H16N2O2. The van der Waals surface area contributed by atoms with Gasteiger partial charge in [0, 0.05) is 29.5 Å². The lowest BCUT2D eigenvalue weighted by atomic mass is 10.0. The van der Waals surface area contributed by atoms with Crippen LogP contribution in [0.25, 0.3) is 0 Å². The summed E-state index contributed by atoms with van der Waals surface area (Å²) in [5.74, 6) is -0.0617. The van der Waals surface area contributed by atoms with E-state index in [0.29, 0.717) is 16.8 Å². The largest absolute Gasteiger partial charge is 0.399 e. The topological polar surface area (TPSA) is 63.4 Å². The Kier molecular flexibility index (Phi) is 3.84. The highest BCUT2D eigenvalue weighted by Crippen LogP contribution is 2.18. The van der Waals surface area contributed by atoms with Crippen molar-refractivity contribution in [1.29, 1.82) is 0 Å². The maximum Gasteiger partial charge on any atom is 0.213 e. The van der Waals surface area contributed by atoms with Crippen LogP contribution in [0.5, 0.6) is 0 Å². The van der Waals surface area contributed by atoms with Crippen molar-refractivity contribution in [3.05, 3.63) is 59.2 Å². The zero-order valence-electron chi connectivity index (χ0n) is 11.5.